The summed E-state index contributed by atoms with van der Waals surface area (Å²) < 4.78 is 15.2. The third-order valence-electron chi connectivity index (χ3n) is 19.8. The van der Waals surface area contributed by atoms with E-state index in [0.717, 1.165) is 51.0 Å². The second kappa shape index (κ2) is 56.8. The van der Waals surface area contributed by atoms with E-state index >= 15 is 0 Å². The molecule has 0 aromatic heterocycles. The first-order chi connectivity index (χ1) is 42.5. The number of allylic oxidation sites excluding steroid dienone is 16. The van der Waals surface area contributed by atoms with Gasteiger partial charge in [0.25, 0.3) is 0 Å². The van der Waals surface area contributed by atoms with Gasteiger partial charge < -0.3 is 14.4 Å². The van der Waals surface area contributed by atoms with Gasteiger partial charge in [-0.3, -0.25) is 0 Å². The Labute approximate surface area is 538 Å². The van der Waals surface area contributed by atoms with Crippen LogP contribution in [0.5, 0.6) is 0 Å². The highest BCUT2D eigenvalue weighted by Crippen LogP contribution is 2.57. The average molecular weight is 1190 g/mol. The van der Waals surface area contributed by atoms with Crippen molar-refractivity contribution in [3.8, 4) is 0 Å². The fraction of sp³-hybridized carbons (Fsp3) is 0.807. The molecule has 86 heavy (non-hydrogen) atoms. The van der Waals surface area contributed by atoms with E-state index in [-0.39, 0.29) is 12.2 Å². The highest BCUT2D eigenvalue weighted by Gasteiger charge is 2.57. The SMILES string of the molecule is CCCCC/C=C\C/C=C\CCCCCCCCC1(CCCCCCCC/C=C\C/C=C\CCCCC)C[C@@H]2CN(C)C[C@H]3OC(CCCCCCCC/C=C\C/C=C\CCCCC)(CCCCCCCC/C=C\C/C=C\CCCCC)O[C@H]3[C@@H]2C1. The van der Waals surface area contributed by atoms with Crippen LogP contribution < -0.4 is 0 Å². The molecule has 0 amide bonds. The van der Waals surface area contributed by atoms with Crippen molar-refractivity contribution in [1.82, 2.24) is 4.90 Å². The summed E-state index contributed by atoms with van der Waals surface area (Å²) in [7, 11) is 2.42. The van der Waals surface area contributed by atoms with Crippen molar-refractivity contribution >= 4 is 0 Å². The molecule has 3 fully saturated rings. The lowest BCUT2D eigenvalue weighted by atomic mass is 9.75. The number of fused-ring (bicyclic) bond motifs is 3. The minimum Gasteiger partial charge on any atom is -0.344 e. The van der Waals surface area contributed by atoms with Crippen LogP contribution in [0.2, 0.25) is 0 Å². The molecule has 2 heterocycles. The molecule has 3 aliphatic rings. The molecule has 0 unspecified atom stereocenters. The van der Waals surface area contributed by atoms with Crippen LogP contribution in [0.1, 0.15) is 374 Å². The molecule has 3 nitrogen and oxygen atoms in total. The smallest absolute Gasteiger partial charge is 0.169 e. The van der Waals surface area contributed by atoms with Crippen molar-refractivity contribution in [2.24, 2.45) is 17.3 Å². The molecule has 0 aromatic carbocycles. The average Bonchev–Trinajstić information content (AvgIpc) is 2.01. The third-order valence-corrected chi connectivity index (χ3v) is 19.8. The van der Waals surface area contributed by atoms with Gasteiger partial charge in [-0.05, 0) is 191 Å². The van der Waals surface area contributed by atoms with Crippen molar-refractivity contribution in [2.75, 3.05) is 20.1 Å². The van der Waals surface area contributed by atoms with E-state index in [2.05, 4.69) is 137 Å². The molecule has 0 N–H and O–H groups in total. The van der Waals surface area contributed by atoms with Crippen LogP contribution in [0.4, 0.5) is 0 Å². The Morgan fingerprint density at radius 3 is 0.895 bits per heavy atom. The zero-order valence-electron chi connectivity index (χ0n) is 58.4. The van der Waals surface area contributed by atoms with Gasteiger partial charge in [0.05, 0.1) is 6.10 Å². The minimum absolute atomic E-state index is 0.212. The van der Waals surface area contributed by atoms with Gasteiger partial charge in [-0.15, -0.1) is 0 Å². The fourth-order valence-corrected chi connectivity index (χ4v) is 14.7. The monoisotopic (exact) mass is 1190 g/mol. The molecule has 0 radical (unpaired) electrons. The standard InChI is InChI=1S/C83H147NO2/c1-6-10-14-18-22-26-30-34-38-42-46-50-54-58-62-66-70-82(71-67-63-59-55-51-47-43-39-35-31-27-23-19-15-11-7-2)74-78-76-84(5)77-80-81(79(78)75-82)86-83(85-80,72-68-64-60-56-52-48-44-40-36-32-28-24-20-16-12-8-3)73-69-65-61-57-53-49-45-41-37-33-29-25-21-17-13-9-4/h22-29,34-41,78-81H,6-21,30-33,42-77H2,1-5H3/b26-22-,27-23-,28-24-,29-25-,38-34-,39-35-,40-36-,41-37-/t78-,79-,80-,81+/m1/s1. The highest BCUT2D eigenvalue weighted by atomic mass is 16.8. The number of hydrogen-bond acceptors (Lipinski definition) is 3. The molecule has 2 aliphatic heterocycles. The number of rotatable bonds is 60. The number of ether oxygens (including phenoxy) is 2. The van der Waals surface area contributed by atoms with E-state index < -0.39 is 5.79 Å². The molecule has 3 rings (SSSR count). The maximum atomic E-state index is 7.72. The van der Waals surface area contributed by atoms with Crippen LogP contribution in [-0.4, -0.2) is 43.0 Å². The molecule has 0 aromatic rings. The van der Waals surface area contributed by atoms with Crippen molar-refractivity contribution in [3.63, 3.8) is 0 Å². The number of likely N-dealkylation sites (N-methyl/N-ethyl adjacent to an activating group) is 1. The Kier molecular flexibility index (Phi) is 51.5. The quantitative estimate of drug-likeness (QED) is 0.0447. The van der Waals surface area contributed by atoms with Crippen molar-refractivity contribution in [2.45, 2.75) is 392 Å². The van der Waals surface area contributed by atoms with Crippen molar-refractivity contribution < 1.29 is 9.47 Å². The Morgan fingerprint density at radius 2 is 0.581 bits per heavy atom. The summed E-state index contributed by atoms with van der Waals surface area (Å²) in [6.45, 7) is 11.4. The Morgan fingerprint density at radius 1 is 0.302 bits per heavy atom. The largest absolute Gasteiger partial charge is 0.344 e. The first-order valence-electron chi connectivity index (χ1n) is 38.7. The Balaban J connectivity index is 1.58. The first kappa shape index (κ1) is 78.0. The van der Waals surface area contributed by atoms with Crippen LogP contribution in [0.15, 0.2) is 97.2 Å². The summed E-state index contributed by atoms with van der Waals surface area (Å²) in [5.41, 5.74) is 0.471. The van der Waals surface area contributed by atoms with Crippen molar-refractivity contribution in [3.05, 3.63) is 97.2 Å². The zero-order valence-corrected chi connectivity index (χ0v) is 58.4. The third kappa shape index (κ3) is 41.2. The van der Waals surface area contributed by atoms with Crippen molar-refractivity contribution in [1.29, 1.82) is 0 Å². The second-order valence-electron chi connectivity index (χ2n) is 28.0. The summed E-state index contributed by atoms with van der Waals surface area (Å²) in [5, 5.41) is 0. The van der Waals surface area contributed by atoms with Gasteiger partial charge in [0.1, 0.15) is 6.10 Å². The van der Waals surface area contributed by atoms with Gasteiger partial charge in [-0.2, -0.15) is 0 Å². The van der Waals surface area contributed by atoms with E-state index in [0.29, 0.717) is 11.3 Å². The predicted molar refractivity (Wildman–Crippen MR) is 385 cm³/mol. The summed E-state index contributed by atoms with van der Waals surface area (Å²) in [5.74, 6) is 0.968. The number of hydrogen-bond donors (Lipinski definition) is 0. The summed E-state index contributed by atoms with van der Waals surface area (Å²) in [6.07, 6.45) is 110. The second-order valence-corrected chi connectivity index (χ2v) is 28.0. The topological polar surface area (TPSA) is 21.7 Å². The predicted octanol–water partition coefficient (Wildman–Crippen LogP) is 27.2. The van der Waals surface area contributed by atoms with E-state index in [1.165, 1.54) is 315 Å². The minimum atomic E-state index is -0.394. The number of nitrogens with zero attached hydrogens (tertiary/aromatic N) is 1. The molecule has 3 heteroatoms. The summed E-state index contributed by atoms with van der Waals surface area (Å²) in [6, 6.07) is 0. The first-order valence-corrected chi connectivity index (χ1v) is 38.7. The molecule has 496 valence electrons. The van der Waals surface area contributed by atoms with E-state index in [1.54, 1.807) is 0 Å². The molecule has 1 aliphatic carbocycles. The van der Waals surface area contributed by atoms with Crippen LogP contribution in [0.25, 0.3) is 0 Å². The molecule has 2 saturated heterocycles. The van der Waals surface area contributed by atoms with Gasteiger partial charge >= 0.3 is 0 Å². The maximum Gasteiger partial charge on any atom is 0.169 e. The lowest BCUT2D eigenvalue weighted by molar-refractivity contribution is -0.193. The summed E-state index contributed by atoms with van der Waals surface area (Å²) >= 11 is 0. The molecular weight excluding hydrogens is 1040 g/mol. The lowest BCUT2D eigenvalue weighted by Crippen LogP contribution is -2.36. The molecule has 1 saturated carbocycles. The molecular formula is C83H147NO2. The number of unbranched alkanes of at least 4 members (excludes halogenated alkanes) is 36. The van der Waals surface area contributed by atoms with E-state index in [9.17, 15) is 0 Å². The normalized spacial score (nSPS) is 20.0. The molecule has 4 atom stereocenters. The Hall–Kier alpha value is -2.20. The lowest BCUT2D eigenvalue weighted by Gasteiger charge is -2.32. The van der Waals surface area contributed by atoms with Gasteiger partial charge in [0.15, 0.2) is 5.79 Å². The van der Waals surface area contributed by atoms with Crippen LogP contribution >= 0.6 is 0 Å². The van der Waals surface area contributed by atoms with Crippen LogP contribution in [0.3, 0.4) is 0 Å². The van der Waals surface area contributed by atoms with Gasteiger partial charge in [0, 0.05) is 25.9 Å². The fourth-order valence-electron chi connectivity index (χ4n) is 14.7. The van der Waals surface area contributed by atoms with Gasteiger partial charge in [0.2, 0.25) is 0 Å². The molecule has 0 spiro atoms. The molecule has 0 bridgehead atoms. The summed E-state index contributed by atoms with van der Waals surface area (Å²) in [4.78, 5) is 2.68. The van der Waals surface area contributed by atoms with Crippen LogP contribution in [-0.2, 0) is 9.47 Å². The van der Waals surface area contributed by atoms with E-state index in [4.69, 9.17) is 9.47 Å². The maximum absolute atomic E-state index is 7.72. The zero-order chi connectivity index (χ0) is 61.2. The van der Waals surface area contributed by atoms with Gasteiger partial charge in [-0.25, -0.2) is 0 Å². The Bertz CT molecular complexity index is 1510. The van der Waals surface area contributed by atoms with Gasteiger partial charge in [-0.1, -0.05) is 292 Å². The number of likely N-dealkylation sites (tertiary alicyclic amines) is 1. The van der Waals surface area contributed by atoms with E-state index in [1.807, 2.05) is 0 Å². The van der Waals surface area contributed by atoms with Crippen LogP contribution in [0, 0.1) is 17.3 Å². The highest BCUT2D eigenvalue weighted by molar-refractivity contribution is 5.05.